The number of rotatable bonds is 22. The number of carbonyl (C=O) groups excluding carboxylic acids is 2. The molecular formula is C34H64O4. The van der Waals surface area contributed by atoms with Gasteiger partial charge in [-0.25, -0.2) is 0 Å². The summed E-state index contributed by atoms with van der Waals surface area (Å²) in [6.45, 7) is 14.9. The van der Waals surface area contributed by atoms with Crippen LogP contribution in [0.15, 0.2) is 0 Å². The Bertz CT molecular complexity index is 539. The molecule has 0 aromatic rings. The van der Waals surface area contributed by atoms with Crippen LogP contribution in [-0.2, 0) is 19.1 Å². The molecule has 0 heterocycles. The molecule has 0 aliphatic heterocycles. The number of unbranched alkanes of at least 4 members (excludes halogenated alkanes) is 4. The average molecular weight is 537 g/mol. The molecule has 1 aliphatic carbocycles. The first-order valence-electron chi connectivity index (χ1n) is 16.5. The highest BCUT2D eigenvalue weighted by Gasteiger charge is 2.31. The summed E-state index contributed by atoms with van der Waals surface area (Å²) in [7, 11) is 0. The second-order valence-electron chi connectivity index (χ2n) is 13.4. The van der Waals surface area contributed by atoms with E-state index in [1.807, 2.05) is 0 Å². The number of ether oxygens (including phenoxy) is 2. The summed E-state index contributed by atoms with van der Waals surface area (Å²) < 4.78 is 11.2. The van der Waals surface area contributed by atoms with Crippen LogP contribution in [0.25, 0.3) is 0 Å². The van der Waals surface area contributed by atoms with Crippen molar-refractivity contribution < 1.29 is 19.1 Å². The van der Waals surface area contributed by atoms with Gasteiger partial charge < -0.3 is 9.47 Å². The van der Waals surface area contributed by atoms with E-state index >= 15 is 0 Å². The van der Waals surface area contributed by atoms with Crippen LogP contribution in [0.5, 0.6) is 0 Å². The molecular weight excluding hydrogens is 472 g/mol. The summed E-state index contributed by atoms with van der Waals surface area (Å²) in [5.74, 6) is 2.83. The molecule has 1 aliphatic rings. The van der Waals surface area contributed by atoms with Gasteiger partial charge in [-0.1, -0.05) is 106 Å². The molecule has 0 saturated heterocycles. The normalized spacial score (nSPS) is 19.5. The molecule has 224 valence electrons. The zero-order chi connectivity index (χ0) is 28.2. The summed E-state index contributed by atoms with van der Waals surface area (Å²) in [4.78, 5) is 25.0. The van der Waals surface area contributed by atoms with Gasteiger partial charge in [0.15, 0.2) is 0 Å². The Labute approximate surface area is 236 Å². The Morgan fingerprint density at radius 1 is 0.500 bits per heavy atom. The van der Waals surface area contributed by atoms with Gasteiger partial charge in [-0.05, 0) is 75.0 Å². The van der Waals surface area contributed by atoms with Gasteiger partial charge in [0, 0.05) is 0 Å². The Kier molecular flexibility index (Phi) is 20.0. The van der Waals surface area contributed by atoms with Crippen molar-refractivity contribution in [2.75, 3.05) is 13.2 Å². The van der Waals surface area contributed by atoms with Crippen LogP contribution in [-0.4, -0.2) is 25.2 Å². The van der Waals surface area contributed by atoms with Crippen LogP contribution < -0.4 is 0 Å². The molecule has 0 spiro atoms. The average Bonchev–Trinajstić information content (AvgIpc) is 2.88. The molecule has 2 unspecified atom stereocenters. The lowest BCUT2D eigenvalue weighted by Crippen LogP contribution is -2.28. The maximum absolute atomic E-state index is 12.5. The second-order valence-corrected chi connectivity index (χ2v) is 13.4. The van der Waals surface area contributed by atoms with Crippen molar-refractivity contribution in [2.24, 2.45) is 35.5 Å². The van der Waals surface area contributed by atoms with Gasteiger partial charge in [-0.2, -0.15) is 0 Å². The minimum atomic E-state index is -0.0589. The van der Waals surface area contributed by atoms with Crippen molar-refractivity contribution in [1.29, 1.82) is 0 Å². The SMILES string of the molecule is CC(C)CCCCCC(C)CCCOC(=O)C1CCC(C(=O)OCCCC(C)CCCCCC(C)C)CC1. The van der Waals surface area contributed by atoms with Gasteiger partial charge in [0.2, 0.25) is 0 Å². The predicted octanol–water partition coefficient (Wildman–Crippen LogP) is 9.92. The number of hydrogen-bond donors (Lipinski definition) is 0. The molecule has 4 heteroatoms. The Morgan fingerprint density at radius 2 is 0.816 bits per heavy atom. The van der Waals surface area contributed by atoms with E-state index in [0.29, 0.717) is 25.0 Å². The maximum atomic E-state index is 12.5. The smallest absolute Gasteiger partial charge is 0.308 e. The van der Waals surface area contributed by atoms with E-state index in [9.17, 15) is 9.59 Å². The Hall–Kier alpha value is -1.06. The third-order valence-corrected chi connectivity index (χ3v) is 8.52. The van der Waals surface area contributed by atoms with E-state index in [0.717, 1.165) is 63.2 Å². The number of carbonyl (C=O) groups is 2. The summed E-state index contributed by atoms with van der Waals surface area (Å²) in [6, 6.07) is 0. The number of hydrogen-bond acceptors (Lipinski definition) is 4. The topological polar surface area (TPSA) is 52.6 Å². The van der Waals surface area contributed by atoms with Crippen molar-refractivity contribution in [2.45, 2.75) is 157 Å². The Morgan fingerprint density at radius 3 is 1.16 bits per heavy atom. The summed E-state index contributed by atoms with van der Waals surface area (Å²) in [5.41, 5.74) is 0. The Balaban J connectivity index is 2.04. The largest absolute Gasteiger partial charge is 0.465 e. The van der Waals surface area contributed by atoms with Crippen molar-refractivity contribution in [1.82, 2.24) is 0 Å². The predicted molar refractivity (Wildman–Crippen MR) is 160 cm³/mol. The van der Waals surface area contributed by atoms with Crippen LogP contribution in [0, 0.1) is 35.5 Å². The minimum Gasteiger partial charge on any atom is -0.465 e. The van der Waals surface area contributed by atoms with Gasteiger partial charge in [-0.15, -0.1) is 0 Å². The van der Waals surface area contributed by atoms with E-state index < -0.39 is 0 Å². The molecule has 4 nitrogen and oxygen atoms in total. The van der Waals surface area contributed by atoms with Gasteiger partial charge in [0.25, 0.3) is 0 Å². The second kappa shape index (κ2) is 21.7. The van der Waals surface area contributed by atoms with Crippen LogP contribution in [0.4, 0.5) is 0 Å². The third-order valence-electron chi connectivity index (χ3n) is 8.52. The van der Waals surface area contributed by atoms with E-state index in [-0.39, 0.29) is 23.8 Å². The molecule has 0 aromatic carbocycles. The lowest BCUT2D eigenvalue weighted by atomic mass is 9.82. The van der Waals surface area contributed by atoms with Crippen molar-refractivity contribution in [3.05, 3.63) is 0 Å². The highest BCUT2D eigenvalue weighted by atomic mass is 16.5. The highest BCUT2D eigenvalue weighted by molar-refractivity contribution is 5.75. The molecule has 0 N–H and O–H groups in total. The van der Waals surface area contributed by atoms with Gasteiger partial charge in [-0.3, -0.25) is 9.59 Å². The minimum absolute atomic E-state index is 0.0428. The van der Waals surface area contributed by atoms with Gasteiger partial charge in [0.05, 0.1) is 25.0 Å². The molecule has 2 atom stereocenters. The zero-order valence-electron chi connectivity index (χ0n) is 26.2. The lowest BCUT2D eigenvalue weighted by Gasteiger charge is -2.26. The third kappa shape index (κ3) is 18.3. The van der Waals surface area contributed by atoms with E-state index in [4.69, 9.17) is 9.47 Å². The number of esters is 2. The van der Waals surface area contributed by atoms with Gasteiger partial charge >= 0.3 is 11.9 Å². The molecule has 0 radical (unpaired) electrons. The first kappa shape index (κ1) is 35.0. The zero-order valence-corrected chi connectivity index (χ0v) is 26.2. The van der Waals surface area contributed by atoms with Crippen LogP contribution in [0.1, 0.15) is 157 Å². The molecule has 0 amide bonds. The van der Waals surface area contributed by atoms with E-state index in [2.05, 4.69) is 41.5 Å². The molecule has 0 aromatic heterocycles. The summed E-state index contributed by atoms with van der Waals surface area (Å²) in [5, 5.41) is 0. The maximum Gasteiger partial charge on any atom is 0.308 e. The van der Waals surface area contributed by atoms with Gasteiger partial charge in [0.1, 0.15) is 0 Å². The fraction of sp³-hybridized carbons (Fsp3) is 0.941. The van der Waals surface area contributed by atoms with Crippen molar-refractivity contribution >= 4 is 11.9 Å². The van der Waals surface area contributed by atoms with Crippen LogP contribution in [0.2, 0.25) is 0 Å². The summed E-state index contributed by atoms with van der Waals surface area (Å²) >= 11 is 0. The molecule has 0 bridgehead atoms. The highest BCUT2D eigenvalue weighted by Crippen LogP contribution is 2.31. The first-order chi connectivity index (χ1) is 18.2. The van der Waals surface area contributed by atoms with Crippen molar-refractivity contribution in [3.63, 3.8) is 0 Å². The monoisotopic (exact) mass is 536 g/mol. The molecule has 1 saturated carbocycles. The van der Waals surface area contributed by atoms with Crippen LogP contribution in [0.3, 0.4) is 0 Å². The standard InChI is InChI=1S/C34H64O4/c1-27(2)15-9-7-11-17-29(5)19-13-25-37-33(35)31-21-23-32(24-22-31)34(36)38-26-14-20-30(6)18-12-8-10-16-28(3)4/h27-32H,7-26H2,1-6H3. The van der Waals surface area contributed by atoms with Crippen LogP contribution >= 0.6 is 0 Å². The first-order valence-corrected chi connectivity index (χ1v) is 16.5. The quantitative estimate of drug-likeness (QED) is 0.102. The van der Waals surface area contributed by atoms with E-state index in [1.54, 1.807) is 0 Å². The van der Waals surface area contributed by atoms with Crippen molar-refractivity contribution in [3.8, 4) is 0 Å². The fourth-order valence-electron chi connectivity index (χ4n) is 5.74. The summed E-state index contributed by atoms with van der Waals surface area (Å²) in [6.07, 6.45) is 20.4. The fourth-order valence-corrected chi connectivity index (χ4v) is 5.74. The molecule has 1 fully saturated rings. The molecule has 1 rings (SSSR count). The lowest BCUT2D eigenvalue weighted by molar-refractivity contribution is -0.155. The van der Waals surface area contributed by atoms with E-state index in [1.165, 1.54) is 64.2 Å². The molecule has 38 heavy (non-hydrogen) atoms.